The van der Waals surface area contributed by atoms with E-state index in [1.165, 1.54) is 16.8 Å². The molecule has 0 saturated carbocycles. The van der Waals surface area contributed by atoms with Gasteiger partial charge in [-0.15, -0.1) is 0 Å². The van der Waals surface area contributed by atoms with Gasteiger partial charge in [0.25, 0.3) is 0 Å². The summed E-state index contributed by atoms with van der Waals surface area (Å²) in [5.74, 6) is 0. The lowest BCUT2D eigenvalue weighted by molar-refractivity contribution is 0.658. The maximum absolute atomic E-state index is 4.32. The molecule has 1 aliphatic heterocycles. The van der Waals surface area contributed by atoms with Crippen molar-refractivity contribution in [3.05, 3.63) is 47.8 Å². The van der Waals surface area contributed by atoms with Crippen molar-refractivity contribution in [2.45, 2.75) is 25.9 Å². The van der Waals surface area contributed by atoms with Crippen LogP contribution in [0.1, 0.15) is 24.1 Å². The standard InChI is InChI=1S/C13H15N3/c1-2-16-9-11(8-14-16)13-7-10-5-3-4-6-12(10)15-13/h3-6,8-9,13,15H,2,7H2,1H3. The van der Waals surface area contributed by atoms with Crippen molar-refractivity contribution in [3.63, 3.8) is 0 Å². The van der Waals surface area contributed by atoms with Crippen LogP contribution in [0.4, 0.5) is 5.69 Å². The van der Waals surface area contributed by atoms with Crippen LogP contribution in [0.25, 0.3) is 0 Å². The van der Waals surface area contributed by atoms with Gasteiger partial charge in [0.2, 0.25) is 0 Å². The fraction of sp³-hybridized carbons (Fsp3) is 0.308. The molecule has 0 saturated heterocycles. The Morgan fingerprint density at radius 1 is 1.44 bits per heavy atom. The summed E-state index contributed by atoms with van der Waals surface area (Å²) < 4.78 is 1.97. The smallest absolute Gasteiger partial charge is 0.0586 e. The summed E-state index contributed by atoms with van der Waals surface area (Å²) in [6.07, 6.45) is 5.15. The van der Waals surface area contributed by atoms with Gasteiger partial charge in [-0.1, -0.05) is 18.2 Å². The lowest BCUT2D eigenvalue weighted by Crippen LogP contribution is -2.04. The fourth-order valence-electron chi connectivity index (χ4n) is 2.23. The molecule has 0 fully saturated rings. The van der Waals surface area contributed by atoms with Crippen LogP contribution in [0.2, 0.25) is 0 Å². The zero-order chi connectivity index (χ0) is 11.0. The van der Waals surface area contributed by atoms with Crippen molar-refractivity contribution in [1.29, 1.82) is 0 Å². The van der Waals surface area contributed by atoms with Crippen molar-refractivity contribution >= 4 is 5.69 Å². The second kappa shape index (κ2) is 3.67. The molecule has 0 spiro atoms. The highest BCUT2D eigenvalue weighted by Gasteiger charge is 2.22. The van der Waals surface area contributed by atoms with Crippen LogP contribution in [0.15, 0.2) is 36.7 Å². The molecule has 1 aromatic heterocycles. The summed E-state index contributed by atoms with van der Waals surface area (Å²) in [6, 6.07) is 8.88. The van der Waals surface area contributed by atoms with E-state index in [9.17, 15) is 0 Å². The molecule has 0 aliphatic carbocycles. The first kappa shape index (κ1) is 9.46. The minimum Gasteiger partial charge on any atom is -0.378 e. The molecule has 1 aliphatic rings. The third-order valence-corrected chi connectivity index (χ3v) is 3.15. The number of aromatic nitrogens is 2. The van der Waals surface area contributed by atoms with E-state index in [0.717, 1.165) is 13.0 Å². The Balaban J connectivity index is 1.85. The number of para-hydroxylation sites is 1. The summed E-state index contributed by atoms with van der Waals surface area (Å²) in [5.41, 5.74) is 3.94. The molecule has 16 heavy (non-hydrogen) atoms. The second-order valence-electron chi connectivity index (χ2n) is 4.19. The average Bonchev–Trinajstić information content (AvgIpc) is 2.95. The molecule has 1 unspecified atom stereocenters. The Kier molecular flexibility index (Phi) is 2.17. The third kappa shape index (κ3) is 1.48. The molecule has 0 radical (unpaired) electrons. The predicted octanol–water partition coefficient (Wildman–Crippen LogP) is 2.61. The number of nitrogens with one attached hydrogen (secondary N) is 1. The van der Waals surface area contributed by atoms with Gasteiger partial charge < -0.3 is 5.32 Å². The average molecular weight is 213 g/mol. The highest BCUT2D eigenvalue weighted by molar-refractivity contribution is 5.57. The maximum Gasteiger partial charge on any atom is 0.0586 e. The van der Waals surface area contributed by atoms with Gasteiger partial charge in [-0.05, 0) is 25.0 Å². The molecule has 82 valence electrons. The minimum absolute atomic E-state index is 0.387. The summed E-state index contributed by atoms with van der Waals surface area (Å²) in [6.45, 7) is 3.03. The van der Waals surface area contributed by atoms with Crippen LogP contribution in [-0.4, -0.2) is 9.78 Å². The van der Waals surface area contributed by atoms with E-state index in [-0.39, 0.29) is 0 Å². The van der Waals surface area contributed by atoms with Gasteiger partial charge in [0, 0.05) is 24.0 Å². The normalized spacial score (nSPS) is 18.2. The highest BCUT2D eigenvalue weighted by Crippen LogP contribution is 2.33. The van der Waals surface area contributed by atoms with Crippen molar-refractivity contribution < 1.29 is 0 Å². The van der Waals surface area contributed by atoms with Crippen molar-refractivity contribution in [1.82, 2.24) is 9.78 Å². The molecule has 1 N–H and O–H groups in total. The predicted molar refractivity (Wildman–Crippen MR) is 64.4 cm³/mol. The topological polar surface area (TPSA) is 29.9 Å². The zero-order valence-electron chi connectivity index (χ0n) is 9.35. The SMILES string of the molecule is CCn1cc(C2Cc3ccccc3N2)cn1. The van der Waals surface area contributed by atoms with Crippen LogP contribution in [0, 0.1) is 0 Å². The first-order valence-corrected chi connectivity index (χ1v) is 5.73. The second-order valence-corrected chi connectivity index (χ2v) is 4.19. The van der Waals surface area contributed by atoms with E-state index in [0.29, 0.717) is 6.04 Å². The zero-order valence-corrected chi connectivity index (χ0v) is 9.35. The van der Waals surface area contributed by atoms with Gasteiger partial charge in [-0.2, -0.15) is 5.10 Å². The molecule has 2 aromatic rings. The van der Waals surface area contributed by atoms with Gasteiger partial charge in [0.15, 0.2) is 0 Å². The van der Waals surface area contributed by atoms with E-state index >= 15 is 0 Å². The lowest BCUT2D eigenvalue weighted by Gasteiger charge is -2.07. The molecule has 0 bridgehead atoms. The quantitative estimate of drug-likeness (QED) is 0.831. The summed E-state index contributed by atoms with van der Waals surface area (Å²) in [4.78, 5) is 0. The monoisotopic (exact) mass is 213 g/mol. The van der Waals surface area contributed by atoms with Crippen LogP contribution in [0.3, 0.4) is 0 Å². The van der Waals surface area contributed by atoms with Gasteiger partial charge >= 0.3 is 0 Å². The van der Waals surface area contributed by atoms with Gasteiger partial charge in [0.05, 0.1) is 12.2 Å². The van der Waals surface area contributed by atoms with E-state index in [2.05, 4.69) is 47.8 Å². The first-order chi connectivity index (χ1) is 7.86. The van der Waals surface area contributed by atoms with Crippen LogP contribution in [0.5, 0.6) is 0 Å². The number of aryl methyl sites for hydroxylation is 1. The fourth-order valence-corrected chi connectivity index (χ4v) is 2.23. The highest BCUT2D eigenvalue weighted by atomic mass is 15.3. The van der Waals surface area contributed by atoms with Crippen molar-refractivity contribution in [2.75, 3.05) is 5.32 Å². The Morgan fingerprint density at radius 2 is 2.31 bits per heavy atom. The molecule has 3 rings (SSSR count). The summed E-state index contributed by atoms with van der Waals surface area (Å²) in [7, 11) is 0. The first-order valence-electron chi connectivity index (χ1n) is 5.73. The number of hydrogen-bond acceptors (Lipinski definition) is 2. The minimum atomic E-state index is 0.387. The molecule has 1 aromatic carbocycles. The Morgan fingerprint density at radius 3 is 3.06 bits per heavy atom. The van der Waals surface area contributed by atoms with Gasteiger partial charge in [-0.25, -0.2) is 0 Å². The van der Waals surface area contributed by atoms with E-state index < -0.39 is 0 Å². The molecular weight excluding hydrogens is 198 g/mol. The van der Waals surface area contributed by atoms with E-state index in [1.54, 1.807) is 0 Å². The molecule has 3 heteroatoms. The number of hydrogen-bond donors (Lipinski definition) is 1. The molecule has 3 nitrogen and oxygen atoms in total. The summed E-state index contributed by atoms with van der Waals surface area (Å²) >= 11 is 0. The maximum atomic E-state index is 4.32. The van der Waals surface area contributed by atoms with Gasteiger partial charge in [0.1, 0.15) is 0 Å². The largest absolute Gasteiger partial charge is 0.378 e. The van der Waals surface area contributed by atoms with E-state index in [1.807, 2.05) is 10.9 Å². The molecule has 2 heterocycles. The third-order valence-electron chi connectivity index (χ3n) is 3.15. The molecule has 0 amide bonds. The van der Waals surface area contributed by atoms with Crippen LogP contribution >= 0.6 is 0 Å². The number of fused-ring (bicyclic) bond motifs is 1. The number of nitrogens with zero attached hydrogens (tertiary/aromatic N) is 2. The lowest BCUT2D eigenvalue weighted by atomic mass is 10.1. The van der Waals surface area contributed by atoms with Crippen LogP contribution in [-0.2, 0) is 13.0 Å². The number of benzene rings is 1. The number of anilines is 1. The molecular formula is C13H15N3. The van der Waals surface area contributed by atoms with Crippen LogP contribution < -0.4 is 5.32 Å². The van der Waals surface area contributed by atoms with Crippen molar-refractivity contribution in [2.24, 2.45) is 0 Å². The van der Waals surface area contributed by atoms with Crippen molar-refractivity contribution in [3.8, 4) is 0 Å². The van der Waals surface area contributed by atoms with Gasteiger partial charge in [-0.3, -0.25) is 4.68 Å². The Bertz CT molecular complexity index is 476. The number of rotatable bonds is 2. The molecule has 1 atom stereocenters. The Hall–Kier alpha value is -1.77. The van der Waals surface area contributed by atoms with E-state index in [4.69, 9.17) is 0 Å². The Labute approximate surface area is 95.1 Å². The summed E-state index contributed by atoms with van der Waals surface area (Å²) in [5, 5.41) is 7.85.